The number of aldehydes is 1. The van der Waals surface area contributed by atoms with Gasteiger partial charge >= 0.3 is 0 Å². The van der Waals surface area contributed by atoms with Crippen LogP contribution in [0.4, 0.5) is 0 Å². The molecule has 0 amide bonds. The fraction of sp³-hybridized carbons (Fsp3) is 0.615. The highest BCUT2D eigenvalue weighted by Gasteiger charge is 2.27. The van der Waals surface area contributed by atoms with E-state index in [0.29, 0.717) is 5.41 Å². The second-order valence-electron chi connectivity index (χ2n) is 5.05. The Balaban J connectivity index is 2.09. The zero-order valence-electron chi connectivity index (χ0n) is 9.41. The van der Waals surface area contributed by atoms with Gasteiger partial charge in [0.05, 0.1) is 5.69 Å². The van der Waals surface area contributed by atoms with Crippen molar-refractivity contribution in [2.75, 3.05) is 0 Å². The summed E-state index contributed by atoms with van der Waals surface area (Å²) >= 11 is 0. The van der Waals surface area contributed by atoms with E-state index in [1.54, 1.807) is 0 Å². The first-order valence-electron chi connectivity index (χ1n) is 5.84. The Morgan fingerprint density at radius 3 is 2.80 bits per heavy atom. The average molecular weight is 205 g/mol. The topological polar surface area (TPSA) is 22.0 Å². The number of rotatable bonds is 3. The van der Waals surface area contributed by atoms with Crippen LogP contribution in [0, 0.1) is 5.41 Å². The number of carbonyl (C=O) groups excluding carboxylic acids is 1. The third-order valence-corrected chi connectivity index (χ3v) is 3.60. The summed E-state index contributed by atoms with van der Waals surface area (Å²) in [5.41, 5.74) is 1.21. The molecule has 0 N–H and O–H groups in total. The van der Waals surface area contributed by atoms with Gasteiger partial charge in [0, 0.05) is 12.7 Å². The summed E-state index contributed by atoms with van der Waals surface area (Å²) in [6.45, 7) is 3.34. The van der Waals surface area contributed by atoms with E-state index in [0.717, 1.165) is 18.5 Å². The SMILES string of the molecule is CC1(Cn2cccc2C=O)CCCCC1. The van der Waals surface area contributed by atoms with Crippen molar-refractivity contribution in [2.24, 2.45) is 5.41 Å². The first-order chi connectivity index (χ1) is 7.23. The maximum Gasteiger partial charge on any atom is 0.166 e. The van der Waals surface area contributed by atoms with E-state index in [1.165, 1.54) is 32.1 Å². The number of hydrogen-bond acceptors (Lipinski definition) is 1. The molecule has 0 bridgehead atoms. The van der Waals surface area contributed by atoms with E-state index in [-0.39, 0.29) is 0 Å². The monoisotopic (exact) mass is 205 g/mol. The van der Waals surface area contributed by atoms with Crippen molar-refractivity contribution in [2.45, 2.75) is 45.6 Å². The molecular formula is C13H19NO. The number of aromatic nitrogens is 1. The highest BCUT2D eigenvalue weighted by molar-refractivity contribution is 5.72. The summed E-state index contributed by atoms with van der Waals surface area (Å²) in [5.74, 6) is 0. The van der Waals surface area contributed by atoms with Crippen LogP contribution in [0.15, 0.2) is 18.3 Å². The predicted molar refractivity (Wildman–Crippen MR) is 61.0 cm³/mol. The van der Waals surface area contributed by atoms with Gasteiger partial charge in [0.15, 0.2) is 6.29 Å². The van der Waals surface area contributed by atoms with E-state index in [1.807, 2.05) is 18.3 Å². The van der Waals surface area contributed by atoms with Gasteiger partial charge in [-0.15, -0.1) is 0 Å². The van der Waals surface area contributed by atoms with Gasteiger partial charge in [-0.2, -0.15) is 0 Å². The van der Waals surface area contributed by atoms with Gasteiger partial charge in [0.2, 0.25) is 0 Å². The third-order valence-electron chi connectivity index (χ3n) is 3.60. The Hall–Kier alpha value is -1.05. The molecule has 2 heteroatoms. The number of hydrogen-bond donors (Lipinski definition) is 0. The number of carbonyl (C=O) groups is 1. The predicted octanol–water partition coefficient (Wildman–Crippen LogP) is 3.27. The van der Waals surface area contributed by atoms with Crippen molar-refractivity contribution in [1.29, 1.82) is 0 Å². The molecule has 0 unspecified atom stereocenters. The van der Waals surface area contributed by atoms with Crippen LogP contribution in [-0.2, 0) is 6.54 Å². The molecule has 2 nitrogen and oxygen atoms in total. The Bertz CT molecular complexity index is 334. The van der Waals surface area contributed by atoms with E-state index >= 15 is 0 Å². The van der Waals surface area contributed by atoms with E-state index in [2.05, 4.69) is 11.5 Å². The van der Waals surface area contributed by atoms with Crippen molar-refractivity contribution in [3.8, 4) is 0 Å². The Kier molecular flexibility index (Phi) is 2.94. The van der Waals surface area contributed by atoms with Gasteiger partial charge in [0.1, 0.15) is 0 Å². The first kappa shape index (κ1) is 10.5. The first-order valence-corrected chi connectivity index (χ1v) is 5.84. The smallest absolute Gasteiger partial charge is 0.166 e. The van der Waals surface area contributed by atoms with Crippen molar-refractivity contribution in [1.82, 2.24) is 4.57 Å². The Morgan fingerprint density at radius 1 is 1.40 bits per heavy atom. The van der Waals surface area contributed by atoms with Crippen molar-refractivity contribution < 1.29 is 4.79 Å². The minimum atomic E-state index is 0.398. The Morgan fingerprint density at radius 2 is 2.13 bits per heavy atom. The van der Waals surface area contributed by atoms with Gasteiger partial charge in [-0.1, -0.05) is 26.2 Å². The lowest BCUT2D eigenvalue weighted by molar-refractivity contribution is 0.110. The molecule has 1 aliphatic rings. The van der Waals surface area contributed by atoms with Crippen LogP contribution in [0.1, 0.15) is 49.5 Å². The lowest BCUT2D eigenvalue weighted by Crippen LogP contribution is -2.26. The van der Waals surface area contributed by atoms with E-state index < -0.39 is 0 Å². The number of nitrogens with zero attached hydrogens (tertiary/aromatic N) is 1. The third kappa shape index (κ3) is 2.31. The molecule has 1 aromatic heterocycles. The highest BCUT2D eigenvalue weighted by Crippen LogP contribution is 2.37. The van der Waals surface area contributed by atoms with Crippen molar-refractivity contribution >= 4 is 6.29 Å². The molecule has 1 fully saturated rings. The molecule has 0 aromatic carbocycles. The lowest BCUT2D eigenvalue weighted by atomic mass is 9.75. The minimum Gasteiger partial charge on any atom is -0.345 e. The molecule has 1 saturated carbocycles. The molecular weight excluding hydrogens is 186 g/mol. The largest absolute Gasteiger partial charge is 0.345 e. The van der Waals surface area contributed by atoms with Crippen LogP contribution in [0.25, 0.3) is 0 Å². The summed E-state index contributed by atoms with van der Waals surface area (Å²) < 4.78 is 2.10. The van der Waals surface area contributed by atoms with Crippen LogP contribution >= 0.6 is 0 Å². The van der Waals surface area contributed by atoms with Crippen LogP contribution in [0.2, 0.25) is 0 Å². The molecule has 0 aliphatic heterocycles. The molecule has 0 spiro atoms. The van der Waals surface area contributed by atoms with Crippen LogP contribution in [-0.4, -0.2) is 10.9 Å². The molecule has 15 heavy (non-hydrogen) atoms. The standard InChI is InChI=1S/C13H19NO/c1-13(7-3-2-4-8-13)11-14-9-5-6-12(14)10-15/h5-6,9-10H,2-4,7-8,11H2,1H3. The van der Waals surface area contributed by atoms with Gasteiger partial charge in [0.25, 0.3) is 0 Å². The van der Waals surface area contributed by atoms with Gasteiger partial charge in [-0.25, -0.2) is 0 Å². The van der Waals surface area contributed by atoms with E-state index in [4.69, 9.17) is 0 Å². The second-order valence-corrected chi connectivity index (χ2v) is 5.05. The summed E-state index contributed by atoms with van der Waals surface area (Å²) in [7, 11) is 0. The van der Waals surface area contributed by atoms with Crippen molar-refractivity contribution in [3.05, 3.63) is 24.0 Å². The molecule has 82 valence electrons. The molecule has 1 aromatic rings. The maximum absolute atomic E-state index is 10.8. The highest BCUT2D eigenvalue weighted by atomic mass is 16.1. The summed E-state index contributed by atoms with van der Waals surface area (Å²) in [6, 6.07) is 3.84. The molecule has 1 heterocycles. The van der Waals surface area contributed by atoms with Crippen molar-refractivity contribution in [3.63, 3.8) is 0 Å². The van der Waals surface area contributed by atoms with Crippen LogP contribution in [0.3, 0.4) is 0 Å². The second kappa shape index (κ2) is 4.21. The summed E-state index contributed by atoms with van der Waals surface area (Å²) in [4.78, 5) is 10.8. The maximum atomic E-state index is 10.8. The minimum absolute atomic E-state index is 0.398. The summed E-state index contributed by atoms with van der Waals surface area (Å²) in [5, 5.41) is 0. The molecule has 0 atom stereocenters. The molecule has 0 radical (unpaired) electrons. The molecule has 0 saturated heterocycles. The quantitative estimate of drug-likeness (QED) is 0.694. The molecule has 1 aliphatic carbocycles. The average Bonchev–Trinajstić information content (AvgIpc) is 2.65. The van der Waals surface area contributed by atoms with Crippen LogP contribution in [0.5, 0.6) is 0 Å². The Labute approximate surface area is 91.3 Å². The zero-order chi connectivity index (χ0) is 10.7. The fourth-order valence-electron chi connectivity index (χ4n) is 2.65. The zero-order valence-corrected chi connectivity index (χ0v) is 9.41. The fourth-order valence-corrected chi connectivity index (χ4v) is 2.65. The lowest BCUT2D eigenvalue weighted by Gasteiger charge is -2.34. The normalized spacial score (nSPS) is 20.1. The van der Waals surface area contributed by atoms with E-state index in [9.17, 15) is 4.79 Å². The summed E-state index contributed by atoms with van der Waals surface area (Å²) in [6.07, 6.45) is 9.62. The van der Waals surface area contributed by atoms with Gasteiger partial charge in [-0.05, 0) is 30.4 Å². The van der Waals surface area contributed by atoms with Crippen LogP contribution < -0.4 is 0 Å². The van der Waals surface area contributed by atoms with Gasteiger partial charge in [-0.3, -0.25) is 4.79 Å². The molecule has 2 rings (SSSR count). The van der Waals surface area contributed by atoms with Gasteiger partial charge < -0.3 is 4.57 Å².